The number of pyridine rings is 2. The summed E-state index contributed by atoms with van der Waals surface area (Å²) in [6, 6.07) is 20.4. The molecule has 4 rings (SSSR count). The topological polar surface area (TPSA) is 50.5 Å². The number of benzene rings is 2. The fraction of sp³-hybridized carbons (Fsp3) is 0.143. The van der Waals surface area contributed by atoms with Crippen LogP contribution in [-0.2, 0) is 40.8 Å². The van der Waals surface area contributed by atoms with Crippen molar-refractivity contribution < 1.29 is 40.8 Å². The molecule has 0 N–H and O–H groups in total. The average molecular weight is 777 g/mol. The fourth-order valence-electron chi connectivity index (χ4n) is 3.82. The van der Waals surface area contributed by atoms with Gasteiger partial charge in [0.05, 0.1) is 35.2 Å². The molecule has 0 radical (unpaired) electrons. The number of nitrogens with zero attached hydrogens (tertiary/aromatic N) is 4. The van der Waals surface area contributed by atoms with E-state index < -0.39 is 0 Å². The van der Waals surface area contributed by atoms with Crippen LogP contribution in [0.1, 0.15) is 33.6 Å². The molecule has 0 saturated heterocycles. The van der Waals surface area contributed by atoms with Gasteiger partial charge in [0, 0.05) is 53.2 Å². The fourth-order valence-corrected chi connectivity index (χ4v) is 3.82. The molecule has 2 heterocycles. The van der Waals surface area contributed by atoms with Crippen LogP contribution in [0.4, 0.5) is 11.4 Å². The van der Waals surface area contributed by atoms with Crippen LogP contribution >= 0.6 is 49.6 Å². The summed E-state index contributed by atoms with van der Waals surface area (Å²) in [5.41, 5.74) is 10.6. The first-order valence-electron chi connectivity index (χ1n) is 10.6. The van der Waals surface area contributed by atoms with Crippen molar-refractivity contribution in [3.8, 4) is 11.1 Å². The molecule has 38 heavy (non-hydrogen) atoms. The molecule has 0 unspecified atom stereocenters. The van der Waals surface area contributed by atoms with E-state index in [-0.39, 0.29) is 90.5 Å². The number of halogens is 4. The smallest absolute Gasteiger partial charge is 0.0812 e. The summed E-state index contributed by atoms with van der Waals surface area (Å²) in [5.74, 6) is 0. The Hall–Kier alpha value is -1.44. The maximum absolute atomic E-state index is 4.70. The summed E-state index contributed by atoms with van der Waals surface area (Å²) < 4.78 is 0. The molecule has 2 aromatic carbocycles. The molecular weight excluding hydrogens is 747 g/mol. The summed E-state index contributed by atoms with van der Waals surface area (Å²) in [5, 5.41) is 0. The summed E-state index contributed by atoms with van der Waals surface area (Å²) in [6.45, 7) is 8.42. The van der Waals surface area contributed by atoms with E-state index in [1.165, 1.54) is 11.1 Å². The van der Waals surface area contributed by atoms with Gasteiger partial charge in [-0.2, -0.15) is 0 Å². The van der Waals surface area contributed by atoms with E-state index in [0.717, 1.165) is 45.0 Å². The average Bonchev–Trinajstić information content (AvgIpc) is 2.79. The van der Waals surface area contributed by atoms with Crippen molar-refractivity contribution in [2.45, 2.75) is 27.7 Å². The van der Waals surface area contributed by atoms with E-state index in [0.29, 0.717) is 0 Å². The van der Waals surface area contributed by atoms with Crippen LogP contribution in [0.5, 0.6) is 0 Å². The molecule has 0 saturated carbocycles. The first-order chi connectivity index (χ1) is 15.5. The van der Waals surface area contributed by atoms with Crippen molar-refractivity contribution >= 4 is 73.4 Å². The largest absolute Gasteiger partial charge is 0.255 e. The van der Waals surface area contributed by atoms with Gasteiger partial charge in [-0.25, -0.2) is 0 Å². The summed E-state index contributed by atoms with van der Waals surface area (Å²) in [6.07, 6.45) is 7.19. The summed E-state index contributed by atoms with van der Waals surface area (Å²) >= 11 is 0. The minimum Gasteiger partial charge on any atom is -0.255 e. The third-order valence-corrected chi connectivity index (χ3v) is 5.34. The van der Waals surface area contributed by atoms with E-state index in [2.05, 4.69) is 61.9 Å². The zero-order chi connectivity index (χ0) is 22.5. The Kier molecular flexibility index (Phi) is 21.2. The van der Waals surface area contributed by atoms with Crippen molar-refractivity contribution in [3.05, 3.63) is 107 Å². The number of hydrogen-bond donors (Lipinski definition) is 0. The molecule has 0 aliphatic heterocycles. The quantitative estimate of drug-likeness (QED) is 0.151. The predicted octanol–water partition coefficient (Wildman–Crippen LogP) is 8.56. The zero-order valence-electron chi connectivity index (χ0n) is 21.1. The van der Waals surface area contributed by atoms with E-state index in [9.17, 15) is 0 Å². The second kappa shape index (κ2) is 19.6. The number of aliphatic imine (C=N–C) groups is 2. The molecular formula is C28H30Cl4N4Pd2. The molecule has 10 heteroatoms. The van der Waals surface area contributed by atoms with E-state index in [1.807, 2.05) is 48.8 Å². The van der Waals surface area contributed by atoms with Crippen LogP contribution in [-0.4, -0.2) is 22.4 Å². The normalized spacial score (nSPS) is 9.68. The van der Waals surface area contributed by atoms with Crippen molar-refractivity contribution in [3.63, 3.8) is 0 Å². The standard InChI is InChI=1S/C28H26N4.4ClH.2Pd/c1-19-13-23(14-20(2)27(19)31-17-25-9-5-7-11-29-25)24-15-21(3)28(22(4)16-24)32-18-26-10-6-8-12-30-26;;;;;;/h5-18H,1-4H3;4*1H;;. The SMILES string of the molecule is Cc1cc(-c2cc(C)c(N=Cc3ccccn3)c(C)c2)cc(C)c1N=Cc1ccccn1.Cl.Cl.Cl.Cl.[Pd].[Pd]. The van der Waals surface area contributed by atoms with Gasteiger partial charge in [-0.1, -0.05) is 12.1 Å². The minimum absolute atomic E-state index is 0. The zero-order valence-corrected chi connectivity index (χ0v) is 27.5. The maximum atomic E-state index is 4.70. The van der Waals surface area contributed by atoms with Crippen LogP contribution in [0.2, 0.25) is 0 Å². The van der Waals surface area contributed by atoms with Crippen molar-refractivity contribution in [2.75, 3.05) is 0 Å². The Morgan fingerprint density at radius 3 is 1.11 bits per heavy atom. The van der Waals surface area contributed by atoms with Gasteiger partial charge in [0.2, 0.25) is 0 Å². The molecule has 0 atom stereocenters. The van der Waals surface area contributed by atoms with Crippen molar-refractivity contribution in [1.29, 1.82) is 0 Å². The van der Waals surface area contributed by atoms with Gasteiger partial charge in [-0.15, -0.1) is 49.6 Å². The Morgan fingerprint density at radius 2 is 0.842 bits per heavy atom. The van der Waals surface area contributed by atoms with Crippen LogP contribution in [0.25, 0.3) is 11.1 Å². The molecule has 0 aliphatic carbocycles. The Balaban J connectivity index is -0.00000204. The third kappa shape index (κ3) is 10.6. The Labute approximate surface area is 277 Å². The van der Waals surface area contributed by atoms with Gasteiger partial charge in [0.1, 0.15) is 0 Å². The minimum atomic E-state index is 0. The van der Waals surface area contributed by atoms with E-state index >= 15 is 0 Å². The predicted molar refractivity (Wildman–Crippen MR) is 163 cm³/mol. The van der Waals surface area contributed by atoms with Crippen LogP contribution < -0.4 is 0 Å². The molecule has 0 aliphatic rings. The second-order valence-corrected chi connectivity index (χ2v) is 7.94. The summed E-state index contributed by atoms with van der Waals surface area (Å²) in [7, 11) is 0. The molecule has 4 aromatic rings. The van der Waals surface area contributed by atoms with Crippen LogP contribution in [0.3, 0.4) is 0 Å². The van der Waals surface area contributed by atoms with E-state index in [1.54, 1.807) is 12.4 Å². The third-order valence-electron chi connectivity index (χ3n) is 5.34. The van der Waals surface area contributed by atoms with Gasteiger partial charge in [0.25, 0.3) is 0 Å². The van der Waals surface area contributed by atoms with Gasteiger partial charge in [0.15, 0.2) is 0 Å². The van der Waals surface area contributed by atoms with Crippen LogP contribution in [0, 0.1) is 27.7 Å². The number of aromatic nitrogens is 2. The number of rotatable bonds is 5. The summed E-state index contributed by atoms with van der Waals surface area (Å²) in [4.78, 5) is 18.0. The number of aryl methyl sites for hydroxylation is 4. The Bertz CT molecular complexity index is 1170. The van der Waals surface area contributed by atoms with Gasteiger partial charge >= 0.3 is 0 Å². The van der Waals surface area contributed by atoms with Crippen LogP contribution in [0.15, 0.2) is 83.0 Å². The molecule has 2 aromatic heterocycles. The molecule has 0 spiro atoms. The first kappa shape index (κ1) is 41.1. The van der Waals surface area contributed by atoms with Crippen molar-refractivity contribution in [2.24, 2.45) is 9.98 Å². The Morgan fingerprint density at radius 1 is 0.526 bits per heavy atom. The molecule has 210 valence electrons. The molecule has 0 amide bonds. The molecule has 4 nitrogen and oxygen atoms in total. The van der Waals surface area contributed by atoms with E-state index in [4.69, 9.17) is 9.98 Å². The maximum Gasteiger partial charge on any atom is 0.0812 e. The first-order valence-corrected chi connectivity index (χ1v) is 10.6. The molecule has 0 bridgehead atoms. The second-order valence-electron chi connectivity index (χ2n) is 7.94. The van der Waals surface area contributed by atoms with Gasteiger partial charge in [-0.05, 0) is 110 Å². The molecule has 0 fully saturated rings. The van der Waals surface area contributed by atoms with Gasteiger partial charge in [-0.3, -0.25) is 20.0 Å². The van der Waals surface area contributed by atoms with Gasteiger partial charge < -0.3 is 0 Å². The van der Waals surface area contributed by atoms with Crippen molar-refractivity contribution in [1.82, 2.24) is 9.97 Å². The monoisotopic (exact) mass is 774 g/mol. The number of hydrogen-bond acceptors (Lipinski definition) is 4.